The van der Waals surface area contributed by atoms with Gasteiger partial charge >= 0.3 is 0 Å². The van der Waals surface area contributed by atoms with Gasteiger partial charge < -0.3 is 5.32 Å². The van der Waals surface area contributed by atoms with E-state index in [1.165, 1.54) is 22.9 Å². The molecule has 3 rings (SSSR count). The van der Waals surface area contributed by atoms with Crippen LogP contribution in [0.15, 0.2) is 58.2 Å². The van der Waals surface area contributed by atoms with E-state index in [1.54, 1.807) is 42.9 Å². The van der Waals surface area contributed by atoms with E-state index >= 15 is 0 Å². The predicted octanol–water partition coefficient (Wildman–Crippen LogP) is 3.86. The summed E-state index contributed by atoms with van der Waals surface area (Å²) in [7, 11) is -2.59. The minimum Gasteiger partial charge on any atom is -0.349 e. The Morgan fingerprint density at radius 1 is 1.09 bits per heavy atom. The molecule has 1 amide bonds. The molecule has 2 N–H and O–H groups in total. The summed E-state index contributed by atoms with van der Waals surface area (Å²) in [6.07, 6.45) is 1.51. The molecular weight excluding hydrogens is 464 g/mol. The lowest BCUT2D eigenvalue weighted by atomic mass is 10.1. The summed E-state index contributed by atoms with van der Waals surface area (Å²) in [4.78, 5) is 25.4. The summed E-state index contributed by atoms with van der Waals surface area (Å²) in [6.45, 7) is 5.56. The highest BCUT2D eigenvalue weighted by atomic mass is 35.5. The minimum absolute atomic E-state index is 0.0187. The largest absolute Gasteiger partial charge is 0.349 e. The van der Waals surface area contributed by atoms with Crippen LogP contribution in [0.4, 0.5) is 5.69 Å². The molecule has 0 aliphatic rings. The number of hydrogen-bond donors (Lipinski definition) is 2. The molecule has 3 aromatic rings. The number of anilines is 1. The second kappa shape index (κ2) is 9.84. The maximum absolute atomic E-state index is 13.2. The Morgan fingerprint density at radius 2 is 1.73 bits per heavy atom. The first-order chi connectivity index (χ1) is 15.6. The molecule has 0 saturated carbocycles. The third-order valence-electron chi connectivity index (χ3n) is 5.59. The van der Waals surface area contributed by atoms with Crippen LogP contribution in [0.3, 0.4) is 0 Å². The van der Waals surface area contributed by atoms with E-state index in [0.29, 0.717) is 11.4 Å². The van der Waals surface area contributed by atoms with Crippen molar-refractivity contribution in [3.8, 4) is 5.69 Å². The fourth-order valence-corrected chi connectivity index (χ4v) is 5.13. The molecule has 0 unspecified atom stereocenters. The molecule has 0 spiro atoms. The lowest BCUT2D eigenvalue weighted by molar-refractivity contribution is 0.0934. The maximum Gasteiger partial charge on any atom is 0.296 e. The maximum atomic E-state index is 13.2. The molecule has 0 radical (unpaired) electrons. The highest BCUT2D eigenvalue weighted by Crippen LogP contribution is 2.26. The van der Waals surface area contributed by atoms with Crippen molar-refractivity contribution in [1.82, 2.24) is 14.7 Å². The number of aromatic nitrogens is 2. The van der Waals surface area contributed by atoms with Gasteiger partial charge in [-0.3, -0.25) is 19.0 Å². The lowest BCUT2D eigenvalue weighted by Gasteiger charge is -2.15. The van der Waals surface area contributed by atoms with E-state index in [2.05, 4.69) is 10.0 Å². The summed E-state index contributed by atoms with van der Waals surface area (Å²) in [5.74, 6) is -0.390. The number of amides is 1. The normalized spacial score (nSPS) is 11.6. The van der Waals surface area contributed by atoms with Crippen LogP contribution in [0.5, 0.6) is 0 Å². The summed E-state index contributed by atoms with van der Waals surface area (Å²) in [5, 5.41) is 2.82. The average Bonchev–Trinajstić information content (AvgIpc) is 3.00. The fourth-order valence-electron chi connectivity index (χ4n) is 3.49. The SMILES string of the molecule is CCC(CC)NC(=O)c1ccc(Cl)c(S(=O)(=O)Nc2c(C)n(C)n(-c3ccccc3)c2=O)c1. The van der Waals surface area contributed by atoms with Gasteiger partial charge in [0.1, 0.15) is 10.6 Å². The van der Waals surface area contributed by atoms with Crippen molar-refractivity contribution in [2.75, 3.05) is 4.72 Å². The quantitative estimate of drug-likeness (QED) is 0.500. The molecule has 2 aromatic carbocycles. The summed E-state index contributed by atoms with van der Waals surface area (Å²) in [5.41, 5.74) is 0.564. The highest BCUT2D eigenvalue weighted by Gasteiger charge is 2.25. The standard InChI is InChI=1S/C23H27ClN4O4S/c1-5-17(6-2)25-22(29)16-12-13-19(24)20(14-16)33(31,32)26-21-15(3)27(4)28(23(21)30)18-10-8-7-9-11-18/h7-14,17,26H,5-6H2,1-4H3,(H,25,29). The van der Waals surface area contributed by atoms with Crippen LogP contribution in [0.1, 0.15) is 42.7 Å². The Labute approximate surface area is 198 Å². The van der Waals surface area contributed by atoms with Gasteiger partial charge in [-0.2, -0.15) is 0 Å². The topological polar surface area (TPSA) is 102 Å². The molecule has 0 fully saturated rings. The van der Waals surface area contributed by atoms with Gasteiger partial charge in [0.05, 0.1) is 16.4 Å². The van der Waals surface area contributed by atoms with Crippen LogP contribution in [0, 0.1) is 6.92 Å². The van der Waals surface area contributed by atoms with Crippen molar-refractivity contribution in [1.29, 1.82) is 0 Å². The number of halogens is 1. The van der Waals surface area contributed by atoms with Crippen LogP contribution in [0.2, 0.25) is 5.02 Å². The van der Waals surface area contributed by atoms with Crippen molar-refractivity contribution in [2.45, 2.75) is 44.6 Å². The molecule has 33 heavy (non-hydrogen) atoms. The third kappa shape index (κ3) is 4.99. The van der Waals surface area contributed by atoms with Crippen LogP contribution >= 0.6 is 11.6 Å². The van der Waals surface area contributed by atoms with Gasteiger partial charge in [-0.05, 0) is 50.1 Å². The number of para-hydroxylation sites is 1. The highest BCUT2D eigenvalue weighted by molar-refractivity contribution is 7.92. The zero-order valence-electron chi connectivity index (χ0n) is 18.9. The number of rotatable bonds is 8. The molecule has 0 aliphatic heterocycles. The van der Waals surface area contributed by atoms with E-state index in [-0.39, 0.29) is 33.1 Å². The van der Waals surface area contributed by atoms with Crippen molar-refractivity contribution >= 4 is 33.2 Å². The molecule has 8 nitrogen and oxygen atoms in total. The van der Waals surface area contributed by atoms with Crippen LogP contribution in [-0.4, -0.2) is 29.7 Å². The van der Waals surface area contributed by atoms with Gasteiger partial charge in [0.15, 0.2) is 0 Å². The van der Waals surface area contributed by atoms with Gasteiger partial charge in [0.25, 0.3) is 21.5 Å². The summed E-state index contributed by atoms with van der Waals surface area (Å²) < 4.78 is 31.7. The van der Waals surface area contributed by atoms with E-state index in [0.717, 1.165) is 12.8 Å². The van der Waals surface area contributed by atoms with Crippen LogP contribution in [0.25, 0.3) is 5.69 Å². The fraction of sp³-hybridized carbons (Fsp3) is 0.304. The number of nitrogens with zero attached hydrogens (tertiary/aromatic N) is 2. The smallest absolute Gasteiger partial charge is 0.296 e. The zero-order valence-corrected chi connectivity index (χ0v) is 20.5. The summed E-state index contributed by atoms with van der Waals surface area (Å²) in [6, 6.07) is 12.9. The van der Waals surface area contributed by atoms with E-state index in [9.17, 15) is 18.0 Å². The molecule has 1 aromatic heterocycles. The van der Waals surface area contributed by atoms with Crippen molar-refractivity contribution in [2.24, 2.45) is 7.05 Å². The number of carbonyl (C=O) groups is 1. The van der Waals surface area contributed by atoms with Gasteiger partial charge in [0, 0.05) is 18.7 Å². The monoisotopic (exact) mass is 490 g/mol. The minimum atomic E-state index is -4.26. The first-order valence-electron chi connectivity index (χ1n) is 10.6. The second-order valence-corrected chi connectivity index (χ2v) is 9.73. The number of carbonyl (C=O) groups excluding carboxylic acids is 1. The van der Waals surface area contributed by atoms with E-state index < -0.39 is 15.6 Å². The molecule has 176 valence electrons. The molecule has 0 atom stereocenters. The van der Waals surface area contributed by atoms with Crippen LogP contribution < -0.4 is 15.6 Å². The summed E-state index contributed by atoms with van der Waals surface area (Å²) >= 11 is 6.18. The molecule has 0 aliphatic carbocycles. The first kappa shape index (κ1) is 24.6. The Bertz CT molecular complexity index is 1330. The Kier molecular flexibility index (Phi) is 7.34. The molecule has 0 bridgehead atoms. The molecular formula is C23H27ClN4O4S. The number of benzene rings is 2. The predicted molar refractivity (Wildman–Crippen MR) is 130 cm³/mol. The average molecular weight is 491 g/mol. The number of hydrogen-bond acceptors (Lipinski definition) is 4. The first-order valence-corrected chi connectivity index (χ1v) is 12.4. The van der Waals surface area contributed by atoms with Gasteiger partial charge in [0.2, 0.25) is 0 Å². The molecule has 0 saturated heterocycles. The van der Waals surface area contributed by atoms with Crippen molar-refractivity contribution in [3.63, 3.8) is 0 Å². The third-order valence-corrected chi connectivity index (χ3v) is 7.43. The lowest BCUT2D eigenvalue weighted by Crippen LogP contribution is -2.34. The van der Waals surface area contributed by atoms with Gasteiger partial charge in [-0.1, -0.05) is 43.6 Å². The van der Waals surface area contributed by atoms with Gasteiger partial charge in [-0.15, -0.1) is 0 Å². The Morgan fingerprint density at radius 3 is 2.33 bits per heavy atom. The molecule has 1 heterocycles. The Hall–Kier alpha value is -3.04. The van der Waals surface area contributed by atoms with Crippen molar-refractivity contribution in [3.05, 3.63) is 75.2 Å². The molecule has 10 heteroatoms. The van der Waals surface area contributed by atoms with E-state index in [4.69, 9.17) is 11.6 Å². The zero-order chi connectivity index (χ0) is 24.3. The van der Waals surface area contributed by atoms with Gasteiger partial charge in [-0.25, -0.2) is 13.1 Å². The Balaban J connectivity index is 2.00. The van der Waals surface area contributed by atoms with Crippen molar-refractivity contribution < 1.29 is 13.2 Å². The number of sulfonamides is 1. The second-order valence-electron chi connectivity index (χ2n) is 7.67. The van der Waals surface area contributed by atoms with E-state index in [1.807, 2.05) is 19.9 Å². The number of nitrogens with one attached hydrogen (secondary N) is 2. The van der Waals surface area contributed by atoms with Crippen LogP contribution in [-0.2, 0) is 17.1 Å².